The Morgan fingerprint density at radius 1 is 1.23 bits per heavy atom. The predicted molar refractivity (Wildman–Crippen MR) is 82.4 cm³/mol. The van der Waals surface area contributed by atoms with Crippen LogP contribution in [0.5, 0.6) is 0 Å². The molecule has 4 heterocycles. The number of fused-ring (bicyclic) bond motifs is 1. The highest BCUT2D eigenvalue weighted by Crippen LogP contribution is 2.17. The molecule has 0 amide bonds. The second-order valence-corrected chi connectivity index (χ2v) is 5.98. The molecule has 1 aliphatic heterocycles. The van der Waals surface area contributed by atoms with E-state index in [2.05, 4.69) is 20.2 Å². The van der Waals surface area contributed by atoms with Crippen LogP contribution in [0.25, 0.3) is 17.1 Å². The molecule has 0 bridgehead atoms. The van der Waals surface area contributed by atoms with Gasteiger partial charge in [-0.25, -0.2) is 0 Å². The summed E-state index contributed by atoms with van der Waals surface area (Å²) in [6.07, 6.45) is 5.47. The molecule has 1 aliphatic rings. The van der Waals surface area contributed by atoms with E-state index in [1.807, 2.05) is 28.8 Å². The van der Waals surface area contributed by atoms with E-state index < -0.39 is 0 Å². The van der Waals surface area contributed by atoms with Gasteiger partial charge < -0.3 is 9.15 Å². The molecular formula is C14H15N5O2S. The van der Waals surface area contributed by atoms with Crippen molar-refractivity contribution < 1.29 is 9.15 Å². The largest absolute Gasteiger partial charge is 0.465 e. The molecule has 0 N–H and O–H groups in total. The van der Waals surface area contributed by atoms with Crippen molar-refractivity contribution in [1.29, 1.82) is 0 Å². The number of morpholine rings is 1. The van der Waals surface area contributed by atoms with Crippen LogP contribution in [0.1, 0.15) is 16.6 Å². The quantitative estimate of drug-likeness (QED) is 0.730. The summed E-state index contributed by atoms with van der Waals surface area (Å²) in [5.74, 6) is 1.67. The molecule has 1 fully saturated rings. The third-order valence-electron chi connectivity index (χ3n) is 3.47. The van der Waals surface area contributed by atoms with Gasteiger partial charge in [0.25, 0.3) is 0 Å². The van der Waals surface area contributed by atoms with Crippen molar-refractivity contribution in [2.24, 2.45) is 0 Å². The summed E-state index contributed by atoms with van der Waals surface area (Å²) in [7, 11) is 0. The Morgan fingerprint density at radius 2 is 2.14 bits per heavy atom. The lowest BCUT2D eigenvalue weighted by atomic mass is 10.4. The topological polar surface area (TPSA) is 68.7 Å². The van der Waals surface area contributed by atoms with Gasteiger partial charge in [-0.15, -0.1) is 10.2 Å². The summed E-state index contributed by atoms with van der Waals surface area (Å²) in [5, 5.41) is 13.9. The van der Waals surface area contributed by atoms with Crippen molar-refractivity contribution in [3.05, 3.63) is 35.0 Å². The molecule has 8 heteroatoms. The highest BCUT2D eigenvalue weighted by Gasteiger charge is 2.16. The molecule has 7 nitrogen and oxygen atoms in total. The molecule has 22 heavy (non-hydrogen) atoms. The number of hydrogen-bond donors (Lipinski definition) is 0. The van der Waals surface area contributed by atoms with Crippen LogP contribution in [0.2, 0.25) is 0 Å². The second-order valence-electron chi connectivity index (χ2n) is 4.99. The van der Waals surface area contributed by atoms with Gasteiger partial charge in [0.15, 0.2) is 5.82 Å². The normalized spacial score (nSPS) is 16.9. The average Bonchev–Trinajstić information content (AvgIpc) is 3.25. The van der Waals surface area contributed by atoms with E-state index >= 15 is 0 Å². The van der Waals surface area contributed by atoms with Gasteiger partial charge in [-0.2, -0.15) is 9.61 Å². The van der Waals surface area contributed by atoms with Gasteiger partial charge in [0.1, 0.15) is 10.8 Å². The van der Waals surface area contributed by atoms with Crippen LogP contribution in [-0.2, 0) is 11.3 Å². The maximum Gasteiger partial charge on any atom is 0.235 e. The Kier molecular flexibility index (Phi) is 3.71. The molecule has 4 rings (SSSR count). The number of rotatable bonds is 4. The van der Waals surface area contributed by atoms with E-state index in [0.717, 1.165) is 54.4 Å². The molecule has 1 saturated heterocycles. The van der Waals surface area contributed by atoms with Crippen LogP contribution in [-0.4, -0.2) is 51.0 Å². The van der Waals surface area contributed by atoms with Gasteiger partial charge in [-0.3, -0.25) is 4.90 Å². The van der Waals surface area contributed by atoms with Gasteiger partial charge in [-0.05, 0) is 24.3 Å². The maximum atomic E-state index is 5.36. The Bertz CT molecular complexity index is 770. The third kappa shape index (κ3) is 2.80. The zero-order chi connectivity index (χ0) is 14.8. The van der Waals surface area contributed by atoms with Crippen LogP contribution in [0.15, 0.2) is 22.8 Å². The van der Waals surface area contributed by atoms with Gasteiger partial charge in [0.2, 0.25) is 4.96 Å². The summed E-state index contributed by atoms with van der Waals surface area (Å²) in [4.78, 5) is 3.11. The summed E-state index contributed by atoms with van der Waals surface area (Å²) in [5.41, 5.74) is 0. The Labute approximate surface area is 130 Å². The number of ether oxygens (including phenoxy) is 1. The molecule has 0 unspecified atom stereocenters. The number of aromatic nitrogens is 4. The molecule has 0 spiro atoms. The van der Waals surface area contributed by atoms with Crippen molar-refractivity contribution in [3.63, 3.8) is 0 Å². The highest BCUT2D eigenvalue weighted by molar-refractivity contribution is 7.17. The fraction of sp³-hybridized carbons (Fsp3) is 0.357. The standard InChI is InChI=1S/C14H15N5O2S/c1-2-11(21-7-1)3-4-13-17-19-12(15-16-14(19)22-13)10-18-5-8-20-9-6-18/h1-4,7H,5-6,8-10H2. The third-order valence-corrected chi connectivity index (χ3v) is 4.34. The van der Waals surface area contributed by atoms with Gasteiger partial charge >= 0.3 is 0 Å². The van der Waals surface area contributed by atoms with Crippen LogP contribution in [0.4, 0.5) is 0 Å². The molecule has 0 aromatic carbocycles. The van der Waals surface area contributed by atoms with Crippen LogP contribution >= 0.6 is 11.3 Å². The minimum Gasteiger partial charge on any atom is -0.465 e. The Hall–Kier alpha value is -2.03. The molecule has 0 aliphatic carbocycles. The second kappa shape index (κ2) is 5.99. The van der Waals surface area contributed by atoms with E-state index in [-0.39, 0.29) is 0 Å². The molecule has 3 aromatic heterocycles. The molecule has 114 valence electrons. The molecule has 3 aromatic rings. The lowest BCUT2D eigenvalue weighted by Crippen LogP contribution is -2.36. The summed E-state index contributed by atoms with van der Waals surface area (Å²) >= 11 is 1.51. The van der Waals surface area contributed by atoms with E-state index in [0.29, 0.717) is 0 Å². The minimum atomic E-state index is 0.746. The first kappa shape index (κ1) is 13.6. The maximum absolute atomic E-state index is 5.36. The number of furan rings is 1. The van der Waals surface area contributed by atoms with E-state index in [4.69, 9.17) is 9.15 Å². The first-order valence-corrected chi connectivity index (χ1v) is 7.93. The lowest BCUT2D eigenvalue weighted by Gasteiger charge is -2.25. The first-order chi connectivity index (χ1) is 10.9. The monoisotopic (exact) mass is 317 g/mol. The summed E-state index contributed by atoms with van der Waals surface area (Å²) < 4.78 is 12.5. The van der Waals surface area contributed by atoms with Crippen LogP contribution in [0, 0.1) is 0 Å². The summed E-state index contributed by atoms with van der Waals surface area (Å²) in [6, 6.07) is 3.76. The minimum absolute atomic E-state index is 0.746. The zero-order valence-electron chi connectivity index (χ0n) is 11.9. The van der Waals surface area contributed by atoms with Crippen molar-refractivity contribution in [2.75, 3.05) is 26.3 Å². The SMILES string of the molecule is C(=Cc1nn2c(CN3CCOCC3)nnc2s1)c1ccco1. The van der Waals surface area contributed by atoms with Gasteiger partial charge in [0, 0.05) is 13.1 Å². The molecular weight excluding hydrogens is 302 g/mol. The molecule has 0 saturated carbocycles. The highest BCUT2D eigenvalue weighted by atomic mass is 32.1. The van der Waals surface area contributed by atoms with Crippen molar-refractivity contribution in [2.45, 2.75) is 6.54 Å². The van der Waals surface area contributed by atoms with Gasteiger partial charge in [-0.1, -0.05) is 11.3 Å². The van der Waals surface area contributed by atoms with Crippen LogP contribution in [0.3, 0.4) is 0 Å². The molecule has 0 radical (unpaired) electrons. The van der Waals surface area contributed by atoms with E-state index in [1.165, 1.54) is 11.3 Å². The van der Waals surface area contributed by atoms with E-state index in [9.17, 15) is 0 Å². The molecule has 0 atom stereocenters. The number of nitrogens with zero attached hydrogens (tertiary/aromatic N) is 5. The van der Waals surface area contributed by atoms with E-state index in [1.54, 1.807) is 6.26 Å². The van der Waals surface area contributed by atoms with Crippen LogP contribution < -0.4 is 0 Å². The zero-order valence-corrected chi connectivity index (χ0v) is 12.7. The van der Waals surface area contributed by atoms with Crippen molar-refractivity contribution in [1.82, 2.24) is 24.7 Å². The summed E-state index contributed by atoms with van der Waals surface area (Å²) in [6.45, 7) is 4.14. The average molecular weight is 317 g/mol. The van der Waals surface area contributed by atoms with Gasteiger partial charge in [0.05, 0.1) is 26.0 Å². The predicted octanol–water partition coefficient (Wildman–Crippen LogP) is 1.78. The fourth-order valence-corrected chi connectivity index (χ4v) is 3.10. The fourth-order valence-electron chi connectivity index (χ4n) is 2.34. The first-order valence-electron chi connectivity index (χ1n) is 7.11. The van der Waals surface area contributed by atoms with Crippen molar-refractivity contribution >= 4 is 28.4 Å². The smallest absolute Gasteiger partial charge is 0.235 e. The Morgan fingerprint density at radius 3 is 2.95 bits per heavy atom. The van der Waals surface area contributed by atoms with Crippen molar-refractivity contribution in [3.8, 4) is 0 Å². The Balaban J connectivity index is 1.53. The lowest BCUT2D eigenvalue weighted by molar-refractivity contribution is 0.0328. The number of hydrogen-bond acceptors (Lipinski definition) is 7.